The van der Waals surface area contributed by atoms with E-state index in [2.05, 4.69) is 9.97 Å². The zero-order valence-electron chi connectivity index (χ0n) is 12.0. The van der Waals surface area contributed by atoms with Gasteiger partial charge < -0.3 is 15.2 Å². The number of rotatable bonds is 5. The number of nitrogens with zero attached hydrogens (tertiary/aromatic N) is 2. The molecule has 2 aromatic rings. The van der Waals surface area contributed by atoms with Crippen molar-refractivity contribution in [3.05, 3.63) is 36.2 Å². The third-order valence-corrected chi connectivity index (χ3v) is 2.79. The number of aromatic nitrogens is 2. The minimum absolute atomic E-state index is 0.182. The Morgan fingerprint density at radius 3 is 2.65 bits per heavy atom. The van der Waals surface area contributed by atoms with E-state index in [9.17, 15) is 0 Å². The molecule has 1 heterocycles. The molecular formula is C15H19N3O2. The molecule has 0 saturated heterocycles. The van der Waals surface area contributed by atoms with Gasteiger partial charge in [0.25, 0.3) is 0 Å². The van der Waals surface area contributed by atoms with Crippen LogP contribution in [0.25, 0.3) is 0 Å². The van der Waals surface area contributed by atoms with Gasteiger partial charge in [0.15, 0.2) is 0 Å². The summed E-state index contributed by atoms with van der Waals surface area (Å²) in [6.07, 6.45) is 1.41. The molecule has 20 heavy (non-hydrogen) atoms. The summed E-state index contributed by atoms with van der Waals surface area (Å²) in [7, 11) is 0. The van der Waals surface area contributed by atoms with Gasteiger partial charge in [0, 0.05) is 6.07 Å². The van der Waals surface area contributed by atoms with Crippen LogP contribution in [0.2, 0.25) is 0 Å². The first-order chi connectivity index (χ1) is 9.61. The van der Waals surface area contributed by atoms with E-state index in [1.54, 1.807) is 0 Å². The van der Waals surface area contributed by atoms with Crippen molar-refractivity contribution < 1.29 is 9.47 Å². The third kappa shape index (κ3) is 3.17. The van der Waals surface area contributed by atoms with Gasteiger partial charge in [-0.05, 0) is 25.0 Å². The highest BCUT2D eigenvalue weighted by Crippen LogP contribution is 2.32. The second-order valence-electron chi connectivity index (χ2n) is 4.64. The van der Waals surface area contributed by atoms with Crippen molar-refractivity contribution in [3.63, 3.8) is 0 Å². The second kappa shape index (κ2) is 6.23. The first kappa shape index (κ1) is 14.1. The number of anilines is 1. The summed E-state index contributed by atoms with van der Waals surface area (Å²) in [6.45, 7) is 6.60. The monoisotopic (exact) mass is 273 g/mol. The lowest BCUT2D eigenvalue weighted by atomic mass is 10.1. The highest BCUT2D eigenvalue weighted by atomic mass is 16.5. The summed E-state index contributed by atoms with van der Waals surface area (Å²) in [5, 5.41) is 0. The zero-order valence-corrected chi connectivity index (χ0v) is 12.0. The van der Waals surface area contributed by atoms with Crippen LogP contribution in [-0.4, -0.2) is 16.6 Å². The largest absolute Gasteiger partial charge is 0.494 e. The molecule has 1 aromatic carbocycles. The summed E-state index contributed by atoms with van der Waals surface area (Å²) in [4.78, 5) is 8.19. The van der Waals surface area contributed by atoms with Gasteiger partial charge in [0.2, 0.25) is 5.88 Å². The Morgan fingerprint density at radius 1 is 1.20 bits per heavy atom. The van der Waals surface area contributed by atoms with Crippen LogP contribution in [0.3, 0.4) is 0 Å². The molecule has 0 bridgehead atoms. The van der Waals surface area contributed by atoms with Crippen LogP contribution in [0.1, 0.15) is 32.3 Å². The Hall–Kier alpha value is -2.30. The number of benzene rings is 1. The van der Waals surface area contributed by atoms with Crippen LogP contribution in [0.15, 0.2) is 30.6 Å². The molecule has 0 fully saturated rings. The average molecular weight is 273 g/mol. The van der Waals surface area contributed by atoms with Gasteiger partial charge in [0.1, 0.15) is 23.6 Å². The zero-order chi connectivity index (χ0) is 14.5. The van der Waals surface area contributed by atoms with Crippen molar-refractivity contribution in [1.29, 1.82) is 0 Å². The molecule has 106 valence electrons. The molecule has 1 aromatic heterocycles. The summed E-state index contributed by atoms with van der Waals surface area (Å²) >= 11 is 0. The summed E-state index contributed by atoms with van der Waals surface area (Å²) < 4.78 is 11.3. The van der Waals surface area contributed by atoms with E-state index >= 15 is 0 Å². The van der Waals surface area contributed by atoms with E-state index < -0.39 is 0 Å². The second-order valence-corrected chi connectivity index (χ2v) is 4.64. The predicted molar refractivity (Wildman–Crippen MR) is 78.2 cm³/mol. The van der Waals surface area contributed by atoms with E-state index in [0.717, 1.165) is 11.3 Å². The van der Waals surface area contributed by atoms with E-state index in [1.165, 1.54) is 6.33 Å². The number of hydrogen-bond donors (Lipinski definition) is 1. The molecule has 0 aliphatic carbocycles. The Morgan fingerprint density at radius 2 is 1.95 bits per heavy atom. The maximum Gasteiger partial charge on any atom is 0.227 e. The molecule has 0 amide bonds. The minimum atomic E-state index is 0.182. The fraction of sp³-hybridized carbons (Fsp3) is 0.333. The highest BCUT2D eigenvalue weighted by Gasteiger charge is 2.15. The van der Waals surface area contributed by atoms with Gasteiger partial charge in [-0.1, -0.05) is 19.9 Å². The summed E-state index contributed by atoms with van der Waals surface area (Å²) in [5.41, 5.74) is 6.71. The number of ether oxygens (including phenoxy) is 2. The fourth-order valence-electron chi connectivity index (χ4n) is 1.92. The van der Waals surface area contributed by atoms with Gasteiger partial charge in [-0.2, -0.15) is 0 Å². The van der Waals surface area contributed by atoms with E-state index in [4.69, 9.17) is 15.2 Å². The van der Waals surface area contributed by atoms with Crippen molar-refractivity contribution >= 4 is 5.82 Å². The van der Waals surface area contributed by atoms with Crippen molar-refractivity contribution in [3.8, 4) is 17.4 Å². The normalized spacial score (nSPS) is 10.6. The van der Waals surface area contributed by atoms with Crippen LogP contribution >= 0.6 is 0 Å². The van der Waals surface area contributed by atoms with Crippen molar-refractivity contribution in [2.45, 2.75) is 26.7 Å². The van der Waals surface area contributed by atoms with Gasteiger partial charge in [0.05, 0.1) is 12.2 Å². The molecule has 0 unspecified atom stereocenters. The maximum atomic E-state index is 5.90. The number of hydrogen-bond acceptors (Lipinski definition) is 5. The van der Waals surface area contributed by atoms with Crippen LogP contribution < -0.4 is 15.2 Å². The average Bonchev–Trinajstić information content (AvgIpc) is 2.39. The molecule has 5 heteroatoms. The lowest BCUT2D eigenvalue weighted by Crippen LogP contribution is -2.04. The molecule has 0 saturated carbocycles. The van der Waals surface area contributed by atoms with Crippen molar-refractivity contribution in [1.82, 2.24) is 9.97 Å². The lowest BCUT2D eigenvalue weighted by Gasteiger charge is -2.14. The van der Waals surface area contributed by atoms with Gasteiger partial charge in [-0.3, -0.25) is 0 Å². The quantitative estimate of drug-likeness (QED) is 0.904. The predicted octanol–water partition coefficient (Wildman–Crippen LogP) is 3.37. The number of nitrogen functional groups attached to an aromatic ring is 1. The molecule has 2 N–H and O–H groups in total. The van der Waals surface area contributed by atoms with E-state index in [0.29, 0.717) is 24.1 Å². The molecule has 0 atom stereocenters. The van der Waals surface area contributed by atoms with Gasteiger partial charge >= 0.3 is 0 Å². The Balaban J connectivity index is 2.30. The molecule has 0 aliphatic heterocycles. The van der Waals surface area contributed by atoms with Crippen molar-refractivity contribution in [2.75, 3.05) is 12.3 Å². The van der Waals surface area contributed by atoms with Crippen LogP contribution in [0.4, 0.5) is 5.82 Å². The lowest BCUT2D eigenvalue weighted by molar-refractivity contribution is 0.337. The van der Waals surface area contributed by atoms with Crippen LogP contribution in [0.5, 0.6) is 17.4 Å². The third-order valence-electron chi connectivity index (χ3n) is 2.79. The fourth-order valence-corrected chi connectivity index (χ4v) is 1.92. The van der Waals surface area contributed by atoms with E-state index in [-0.39, 0.29) is 5.92 Å². The molecule has 0 spiro atoms. The molecule has 5 nitrogen and oxygen atoms in total. The minimum Gasteiger partial charge on any atom is -0.494 e. The smallest absolute Gasteiger partial charge is 0.227 e. The van der Waals surface area contributed by atoms with E-state index in [1.807, 2.05) is 45.0 Å². The Kier molecular flexibility index (Phi) is 4.40. The SMILES string of the molecule is CCOc1cccc(Oc2ncnc(N)c2C(C)C)c1. The topological polar surface area (TPSA) is 70.3 Å². The Bertz CT molecular complexity index is 585. The first-order valence-corrected chi connectivity index (χ1v) is 6.63. The van der Waals surface area contributed by atoms with Crippen molar-refractivity contribution in [2.24, 2.45) is 0 Å². The molecule has 0 aliphatic rings. The number of nitrogens with two attached hydrogens (primary N) is 1. The first-order valence-electron chi connectivity index (χ1n) is 6.63. The van der Waals surface area contributed by atoms with Gasteiger partial charge in [-0.15, -0.1) is 0 Å². The maximum absolute atomic E-state index is 5.90. The van der Waals surface area contributed by atoms with Crippen LogP contribution in [0, 0.1) is 0 Å². The molecule has 2 rings (SSSR count). The standard InChI is InChI=1S/C15H19N3O2/c1-4-19-11-6-5-7-12(8-11)20-15-13(10(2)3)14(16)17-9-18-15/h5-10H,4H2,1-3H3,(H2,16,17,18). The van der Waals surface area contributed by atoms with Gasteiger partial charge in [-0.25, -0.2) is 9.97 Å². The molecule has 0 radical (unpaired) electrons. The highest BCUT2D eigenvalue weighted by molar-refractivity contribution is 5.48. The Labute approximate surface area is 118 Å². The molecular weight excluding hydrogens is 254 g/mol. The summed E-state index contributed by atoms with van der Waals surface area (Å²) in [5.74, 6) is 2.54. The van der Waals surface area contributed by atoms with Crippen LogP contribution in [-0.2, 0) is 0 Å². The summed E-state index contributed by atoms with van der Waals surface area (Å²) in [6, 6.07) is 7.44.